The van der Waals surface area contributed by atoms with Crippen molar-refractivity contribution >= 4 is 11.9 Å². The number of hydrogen-bond donors (Lipinski definition) is 1. The highest BCUT2D eigenvalue weighted by atomic mass is 16.5. The number of methoxy groups -OCH3 is 1. The number of anilines is 1. The maximum Gasteiger partial charge on any atom is 0.270 e. The number of carbonyl (C=O) groups excluding carboxylic acids is 1. The van der Waals surface area contributed by atoms with E-state index in [4.69, 9.17) is 4.74 Å². The molecule has 1 aromatic heterocycles. The van der Waals surface area contributed by atoms with Gasteiger partial charge in [0.15, 0.2) is 0 Å². The minimum atomic E-state index is -0.222. The molecule has 1 heterocycles. The first-order valence-corrected chi connectivity index (χ1v) is 8.09. The van der Waals surface area contributed by atoms with Crippen molar-refractivity contribution in [3.05, 3.63) is 47.3 Å². The van der Waals surface area contributed by atoms with Crippen LogP contribution in [0, 0.1) is 6.92 Å². The van der Waals surface area contributed by atoms with Crippen molar-refractivity contribution in [3.8, 4) is 5.75 Å². The van der Waals surface area contributed by atoms with Crippen molar-refractivity contribution in [1.82, 2.24) is 15.3 Å². The Kier molecular flexibility index (Phi) is 6.12. The highest BCUT2D eigenvalue weighted by molar-refractivity contribution is 5.92. The van der Waals surface area contributed by atoms with Gasteiger partial charge in [0.25, 0.3) is 5.91 Å². The lowest BCUT2D eigenvalue weighted by atomic mass is 10.2. The highest BCUT2D eigenvalue weighted by Gasteiger charge is 2.14. The van der Waals surface area contributed by atoms with Gasteiger partial charge in [-0.15, -0.1) is 0 Å². The molecule has 0 atom stereocenters. The van der Waals surface area contributed by atoms with Gasteiger partial charge in [0.1, 0.15) is 11.4 Å². The van der Waals surface area contributed by atoms with Crippen LogP contribution in [0.25, 0.3) is 0 Å². The molecule has 0 radical (unpaired) electrons. The second-order valence-electron chi connectivity index (χ2n) is 5.36. The van der Waals surface area contributed by atoms with Crippen molar-refractivity contribution in [3.63, 3.8) is 0 Å². The standard InChI is InChI=1S/C18H24N4O2/c1-5-22(6-2)18-20-13(3)11-15(21-18)17(23)19-12-14-9-7-8-10-16(14)24-4/h7-11H,5-6,12H2,1-4H3,(H,19,23). The smallest absolute Gasteiger partial charge is 0.270 e. The van der Waals surface area contributed by atoms with E-state index >= 15 is 0 Å². The first kappa shape index (κ1) is 17.7. The van der Waals surface area contributed by atoms with Gasteiger partial charge >= 0.3 is 0 Å². The summed E-state index contributed by atoms with van der Waals surface area (Å²) in [5.41, 5.74) is 2.07. The summed E-state index contributed by atoms with van der Waals surface area (Å²) in [5.74, 6) is 1.11. The molecule has 1 aromatic carbocycles. The summed E-state index contributed by atoms with van der Waals surface area (Å²) >= 11 is 0. The predicted molar refractivity (Wildman–Crippen MR) is 94.5 cm³/mol. The molecule has 128 valence electrons. The second-order valence-corrected chi connectivity index (χ2v) is 5.36. The molecule has 0 aliphatic rings. The number of nitrogens with one attached hydrogen (secondary N) is 1. The van der Waals surface area contributed by atoms with Gasteiger partial charge in [-0.05, 0) is 32.9 Å². The normalized spacial score (nSPS) is 10.3. The Morgan fingerprint density at radius 2 is 1.92 bits per heavy atom. The average Bonchev–Trinajstić information content (AvgIpc) is 2.60. The van der Waals surface area contributed by atoms with Gasteiger partial charge in [-0.25, -0.2) is 9.97 Å². The van der Waals surface area contributed by atoms with Crippen LogP contribution in [0.5, 0.6) is 5.75 Å². The van der Waals surface area contributed by atoms with E-state index in [0.717, 1.165) is 30.1 Å². The molecule has 1 N–H and O–H groups in total. The van der Waals surface area contributed by atoms with Crippen LogP contribution in [0.2, 0.25) is 0 Å². The maximum absolute atomic E-state index is 12.5. The number of ether oxygens (including phenoxy) is 1. The summed E-state index contributed by atoms with van der Waals surface area (Å²) in [7, 11) is 1.62. The van der Waals surface area contributed by atoms with E-state index in [1.54, 1.807) is 13.2 Å². The maximum atomic E-state index is 12.5. The number of hydrogen-bond acceptors (Lipinski definition) is 5. The van der Waals surface area contributed by atoms with Gasteiger partial charge in [-0.3, -0.25) is 4.79 Å². The van der Waals surface area contributed by atoms with Crippen molar-refractivity contribution in [2.75, 3.05) is 25.1 Å². The van der Waals surface area contributed by atoms with Gasteiger partial charge in [0.05, 0.1) is 7.11 Å². The number of rotatable bonds is 7. The Bertz CT molecular complexity index is 699. The Balaban J connectivity index is 2.15. The SMILES string of the molecule is CCN(CC)c1nc(C)cc(C(=O)NCc2ccccc2OC)n1. The van der Waals surface area contributed by atoms with Gasteiger partial charge in [0.2, 0.25) is 5.95 Å². The fraction of sp³-hybridized carbons (Fsp3) is 0.389. The number of para-hydroxylation sites is 1. The van der Waals surface area contributed by atoms with Gasteiger partial charge < -0.3 is 15.0 Å². The Hall–Kier alpha value is -2.63. The van der Waals surface area contributed by atoms with E-state index in [-0.39, 0.29) is 5.91 Å². The predicted octanol–water partition coefficient (Wildman–Crippen LogP) is 2.57. The third-order valence-electron chi connectivity index (χ3n) is 3.75. The quantitative estimate of drug-likeness (QED) is 0.846. The molecule has 0 aliphatic heterocycles. The van der Waals surface area contributed by atoms with E-state index < -0.39 is 0 Å². The zero-order valence-electron chi connectivity index (χ0n) is 14.7. The second kappa shape index (κ2) is 8.29. The van der Waals surface area contributed by atoms with Crippen LogP contribution in [-0.4, -0.2) is 36.1 Å². The molecule has 6 nitrogen and oxygen atoms in total. The lowest BCUT2D eigenvalue weighted by molar-refractivity contribution is 0.0945. The van der Waals surface area contributed by atoms with E-state index in [9.17, 15) is 4.79 Å². The zero-order chi connectivity index (χ0) is 17.5. The number of benzene rings is 1. The fourth-order valence-corrected chi connectivity index (χ4v) is 2.43. The van der Waals surface area contributed by atoms with Crippen LogP contribution in [0.1, 0.15) is 35.6 Å². The fourth-order valence-electron chi connectivity index (χ4n) is 2.43. The molecule has 1 amide bonds. The monoisotopic (exact) mass is 328 g/mol. The molecule has 24 heavy (non-hydrogen) atoms. The molecule has 0 fully saturated rings. The van der Waals surface area contributed by atoms with Crippen molar-refractivity contribution in [2.24, 2.45) is 0 Å². The van der Waals surface area contributed by atoms with Gasteiger partial charge in [-0.1, -0.05) is 18.2 Å². The minimum Gasteiger partial charge on any atom is -0.496 e. The number of nitrogens with zero attached hydrogens (tertiary/aromatic N) is 3. The van der Waals surface area contributed by atoms with E-state index in [0.29, 0.717) is 18.2 Å². The molecule has 0 bridgehead atoms. The Labute approximate surface area is 142 Å². The molecular formula is C18H24N4O2. The van der Waals surface area contributed by atoms with Crippen molar-refractivity contribution in [2.45, 2.75) is 27.3 Å². The topological polar surface area (TPSA) is 67.4 Å². The van der Waals surface area contributed by atoms with Crippen molar-refractivity contribution in [1.29, 1.82) is 0 Å². The van der Waals surface area contributed by atoms with Crippen LogP contribution in [-0.2, 0) is 6.54 Å². The zero-order valence-corrected chi connectivity index (χ0v) is 14.7. The molecule has 2 rings (SSSR count). The first-order chi connectivity index (χ1) is 11.6. The highest BCUT2D eigenvalue weighted by Crippen LogP contribution is 2.17. The summed E-state index contributed by atoms with van der Waals surface area (Å²) < 4.78 is 5.30. The number of carbonyl (C=O) groups is 1. The molecule has 0 spiro atoms. The lowest BCUT2D eigenvalue weighted by Gasteiger charge is -2.19. The van der Waals surface area contributed by atoms with Crippen LogP contribution in [0.3, 0.4) is 0 Å². The first-order valence-electron chi connectivity index (χ1n) is 8.09. The molecule has 2 aromatic rings. The number of amides is 1. The molecule has 0 saturated heterocycles. The summed E-state index contributed by atoms with van der Waals surface area (Å²) in [5, 5.41) is 2.89. The Morgan fingerprint density at radius 1 is 1.21 bits per heavy atom. The van der Waals surface area contributed by atoms with Crippen molar-refractivity contribution < 1.29 is 9.53 Å². The number of aryl methyl sites for hydroxylation is 1. The molecule has 0 unspecified atom stereocenters. The molecule has 0 aliphatic carbocycles. The summed E-state index contributed by atoms with van der Waals surface area (Å²) in [4.78, 5) is 23.3. The van der Waals surface area contributed by atoms with E-state index in [2.05, 4.69) is 15.3 Å². The molecular weight excluding hydrogens is 304 g/mol. The average molecular weight is 328 g/mol. The van der Waals surface area contributed by atoms with Crippen LogP contribution >= 0.6 is 0 Å². The minimum absolute atomic E-state index is 0.222. The van der Waals surface area contributed by atoms with Crippen LogP contribution < -0.4 is 15.0 Å². The third-order valence-corrected chi connectivity index (χ3v) is 3.75. The third kappa shape index (κ3) is 4.22. The van der Waals surface area contributed by atoms with Crippen LogP contribution in [0.15, 0.2) is 30.3 Å². The molecule has 6 heteroatoms. The van der Waals surface area contributed by atoms with Gasteiger partial charge in [-0.2, -0.15) is 0 Å². The number of aromatic nitrogens is 2. The van der Waals surface area contributed by atoms with Gasteiger partial charge in [0, 0.05) is 30.9 Å². The summed E-state index contributed by atoms with van der Waals surface area (Å²) in [6.07, 6.45) is 0. The lowest BCUT2D eigenvalue weighted by Crippen LogP contribution is -2.28. The largest absolute Gasteiger partial charge is 0.496 e. The van der Waals surface area contributed by atoms with E-state index in [1.165, 1.54) is 0 Å². The molecule has 0 saturated carbocycles. The summed E-state index contributed by atoms with van der Waals surface area (Å²) in [6, 6.07) is 9.30. The van der Waals surface area contributed by atoms with E-state index in [1.807, 2.05) is 49.9 Å². The summed E-state index contributed by atoms with van der Waals surface area (Å²) in [6.45, 7) is 7.91. The Morgan fingerprint density at radius 3 is 2.58 bits per heavy atom. The van der Waals surface area contributed by atoms with Crippen LogP contribution in [0.4, 0.5) is 5.95 Å².